The van der Waals surface area contributed by atoms with E-state index in [2.05, 4.69) is 34.4 Å². The fraction of sp³-hybridized carbons (Fsp3) is 0.429. The standard InChI is InChI=1S/C14H17N3O2/c1-18-12(8-15)14-16-13(17-19-14)11-7-6-9-4-2-3-5-10(9)11/h2-5,11-12H,6-8,15H2,1H3. The molecule has 5 heteroatoms. The molecule has 0 amide bonds. The van der Waals surface area contributed by atoms with Gasteiger partial charge >= 0.3 is 0 Å². The number of hydrogen-bond donors (Lipinski definition) is 1. The highest BCUT2D eigenvalue weighted by Crippen LogP contribution is 2.36. The number of hydrogen-bond acceptors (Lipinski definition) is 5. The zero-order valence-corrected chi connectivity index (χ0v) is 10.9. The lowest BCUT2D eigenvalue weighted by atomic mass is 10.0. The van der Waals surface area contributed by atoms with Crippen LogP contribution in [0.5, 0.6) is 0 Å². The summed E-state index contributed by atoms with van der Waals surface area (Å²) < 4.78 is 10.5. The van der Waals surface area contributed by atoms with Gasteiger partial charge in [-0.2, -0.15) is 4.98 Å². The summed E-state index contributed by atoms with van der Waals surface area (Å²) >= 11 is 0. The second-order valence-corrected chi connectivity index (χ2v) is 4.74. The number of benzene rings is 1. The third-order valence-corrected chi connectivity index (χ3v) is 3.68. The highest BCUT2D eigenvalue weighted by Gasteiger charge is 2.28. The van der Waals surface area contributed by atoms with Gasteiger partial charge < -0.3 is 15.0 Å². The Labute approximate surface area is 111 Å². The molecule has 0 spiro atoms. The van der Waals surface area contributed by atoms with E-state index in [0.717, 1.165) is 18.7 Å². The summed E-state index contributed by atoms with van der Waals surface area (Å²) in [7, 11) is 1.59. The number of aryl methyl sites for hydroxylation is 1. The third-order valence-electron chi connectivity index (χ3n) is 3.68. The molecule has 19 heavy (non-hydrogen) atoms. The van der Waals surface area contributed by atoms with Crippen molar-refractivity contribution in [2.24, 2.45) is 5.73 Å². The summed E-state index contributed by atoms with van der Waals surface area (Å²) in [5.74, 6) is 1.42. The van der Waals surface area contributed by atoms with Gasteiger partial charge in [-0.1, -0.05) is 29.4 Å². The molecule has 1 aliphatic carbocycles. The van der Waals surface area contributed by atoms with E-state index in [1.807, 2.05) is 0 Å². The van der Waals surface area contributed by atoms with Crippen molar-refractivity contribution < 1.29 is 9.26 Å². The van der Waals surface area contributed by atoms with Crippen LogP contribution in [0.2, 0.25) is 0 Å². The van der Waals surface area contributed by atoms with Crippen LogP contribution in [0.25, 0.3) is 0 Å². The number of aromatic nitrogens is 2. The molecular weight excluding hydrogens is 242 g/mol. The molecule has 0 bridgehead atoms. The van der Waals surface area contributed by atoms with Crippen molar-refractivity contribution in [1.82, 2.24) is 10.1 Å². The molecule has 2 atom stereocenters. The Bertz CT molecular complexity index is 563. The molecule has 2 aromatic rings. The predicted octanol–water partition coefficient (Wildman–Crippen LogP) is 1.79. The first-order chi connectivity index (χ1) is 9.33. The molecule has 1 aromatic heterocycles. The van der Waals surface area contributed by atoms with Crippen molar-refractivity contribution in [2.75, 3.05) is 13.7 Å². The van der Waals surface area contributed by atoms with E-state index in [-0.39, 0.29) is 12.0 Å². The van der Waals surface area contributed by atoms with Crippen LogP contribution >= 0.6 is 0 Å². The lowest BCUT2D eigenvalue weighted by Crippen LogP contribution is -2.14. The molecule has 0 saturated heterocycles. The molecule has 5 nitrogen and oxygen atoms in total. The number of ether oxygens (including phenoxy) is 1. The molecule has 1 aromatic carbocycles. The second-order valence-electron chi connectivity index (χ2n) is 4.74. The fourth-order valence-corrected chi connectivity index (χ4v) is 2.64. The van der Waals surface area contributed by atoms with Gasteiger partial charge in [0.15, 0.2) is 5.82 Å². The molecule has 0 fully saturated rings. The van der Waals surface area contributed by atoms with Crippen LogP contribution in [0.4, 0.5) is 0 Å². The summed E-state index contributed by atoms with van der Waals surface area (Å²) in [6.45, 7) is 0.333. The first-order valence-electron chi connectivity index (χ1n) is 6.47. The molecule has 1 aliphatic rings. The van der Waals surface area contributed by atoms with Crippen molar-refractivity contribution in [3.8, 4) is 0 Å². The number of fused-ring (bicyclic) bond motifs is 1. The van der Waals surface area contributed by atoms with E-state index in [0.29, 0.717) is 12.4 Å². The minimum Gasteiger partial charge on any atom is -0.370 e. The smallest absolute Gasteiger partial charge is 0.257 e. The summed E-state index contributed by atoms with van der Waals surface area (Å²) in [5, 5.41) is 4.09. The molecule has 2 unspecified atom stereocenters. The first-order valence-corrected chi connectivity index (χ1v) is 6.47. The Balaban J connectivity index is 1.88. The summed E-state index contributed by atoms with van der Waals surface area (Å²) in [5.41, 5.74) is 8.28. The number of nitrogens with two attached hydrogens (primary N) is 1. The third kappa shape index (κ3) is 2.15. The van der Waals surface area contributed by atoms with Gasteiger partial charge in [0.1, 0.15) is 6.10 Å². The summed E-state index contributed by atoms with van der Waals surface area (Å²) in [6, 6.07) is 8.42. The van der Waals surface area contributed by atoms with Crippen LogP contribution in [0.1, 0.15) is 41.3 Å². The molecule has 2 N–H and O–H groups in total. The van der Waals surface area contributed by atoms with Crippen LogP contribution in [0, 0.1) is 0 Å². The monoisotopic (exact) mass is 259 g/mol. The number of methoxy groups -OCH3 is 1. The Morgan fingerprint density at radius 1 is 1.47 bits per heavy atom. The lowest BCUT2D eigenvalue weighted by molar-refractivity contribution is 0.0804. The van der Waals surface area contributed by atoms with Crippen molar-refractivity contribution in [2.45, 2.75) is 24.9 Å². The zero-order valence-electron chi connectivity index (χ0n) is 10.9. The zero-order chi connectivity index (χ0) is 13.2. The lowest BCUT2D eigenvalue weighted by Gasteiger charge is -2.07. The molecule has 3 rings (SSSR count). The van der Waals surface area contributed by atoms with Crippen molar-refractivity contribution in [3.63, 3.8) is 0 Å². The van der Waals surface area contributed by atoms with Crippen LogP contribution in [0.3, 0.4) is 0 Å². The molecule has 1 heterocycles. The van der Waals surface area contributed by atoms with Gasteiger partial charge in [-0.05, 0) is 24.0 Å². The largest absolute Gasteiger partial charge is 0.370 e. The number of rotatable bonds is 4. The van der Waals surface area contributed by atoms with E-state index in [4.69, 9.17) is 15.0 Å². The van der Waals surface area contributed by atoms with Crippen LogP contribution in [-0.2, 0) is 11.2 Å². The van der Waals surface area contributed by atoms with Crippen molar-refractivity contribution >= 4 is 0 Å². The Morgan fingerprint density at radius 3 is 3.11 bits per heavy atom. The van der Waals surface area contributed by atoms with E-state index in [1.54, 1.807) is 7.11 Å². The minimum atomic E-state index is -0.321. The molecular formula is C14H17N3O2. The van der Waals surface area contributed by atoms with E-state index < -0.39 is 0 Å². The summed E-state index contributed by atoms with van der Waals surface area (Å²) in [6.07, 6.45) is 1.77. The molecule has 0 saturated carbocycles. The Kier molecular flexibility index (Phi) is 3.31. The van der Waals surface area contributed by atoms with E-state index in [9.17, 15) is 0 Å². The topological polar surface area (TPSA) is 74.2 Å². The van der Waals surface area contributed by atoms with Crippen LogP contribution in [-0.4, -0.2) is 23.8 Å². The normalized spacial score (nSPS) is 19.4. The van der Waals surface area contributed by atoms with E-state index in [1.165, 1.54) is 11.1 Å². The van der Waals surface area contributed by atoms with Gasteiger partial charge in [-0.25, -0.2) is 0 Å². The van der Waals surface area contributed by atoms with Gasteiger partial charge in [0, 0.05) is 19.6 Å². The molecule has 0 aliphatic heterocycles. The van der Waals surface area contributed by atoms with Gasteiger partial charge in [0.25, 0.3) is 5.89 Å². The average Bonchev–Trinajstić information content (AvgIpc) is 3.06. The molecule has 100 valence electrons. The maximum Gasteiger partial charge on any atom is 0.257 e. The highest BCUT2D eigenvalue weighted by molar-refractivity contribution is 5.38. The first kappa shape index (κ1) is 12.3. The molecule has 0 radical (unpaired) electrons. The van der Waals surface area contributed by atoms with E-state index >= 15 is 0 Å². The predicted molar refractivity (Wildman–Crippen MR) is 69.7 cm³/mol. The Hall–Kier alpha value is -1.72. The van der Waals surface area contributed by atoms with Gasteiger partial charge in [-0.15, -0.1) is 0 Å². The Morgan fingerprint density at radius 2 is 2.32 bits per heavy atom. The van der Waals surface area contributed by atoms with Gasteiger partial charge in [0.05, 0.1) is 0 Å². The van der Waals surface area contributed by atoms with Crippen LogP contribution in [0.15, 0.2) is 28.8 Å². The maximum absolute atomic E-state index is 5.60. The minimum absolute atomic E-state index is 0.226. The highest BCUT2D eigenvalue weighted by atomic mass is 16.5. The summed E-state index contributed by atoms with van der Waals surface area (Å²) in [4.78, 5) is 4.45. The SMILES string of the molecule is COC(CN)c1nc(C2CCc3ccccc32)no1. The maximum atomic E-state index is 5.60. The van der Waals surface area contributed by atoms with Crippen LogP contribution < -0.4 is 5.73 Å². The fourth-order valence-electron chi connectivity index (χ4n) is 2.64. The average molecular weight is 259 g/mol. The van der Waals surface area contributed by atoms with Crippen molar-refractivity contribution in [1.29, 1.82) is 0 Å². The van der Waals surface area contributed by atoms with Gasteiger partial charge in [-0.3, -0.25) is 0 Å². The second kappa shape index (κ2) is 5.11. The van der Waals surface area contributed by atoms with Gasteiger partial charge in [0.2, 0.25) is 0 Å². The number of nitrogens with zero attached hydrogens (tertiary/aromatic N) is 2. The quantitative estimate of drug-likeness (QED) is 0.906. The van der Waals surface area contributed by atoms with Crippen molar-refractivity contribution in [3.05, 3.63) is 47.1 Å².